The van der Waals surface area contributed by atoms with Gasteiger partial charge in [0.1, 0.15) is 0 Å². The zero-order valence-corrected chi connectivity index (χ0v) is 10.9. The second kappa shape index (κ2) is 4.56. The predicted octanol–water partition coefficient (Wildman–Crippen LogP) is 2.49. The summed E-state index contributed by atoms with van der Waals surface area (Å²) in [5.41, 5.74) is 7.24. The lowest BCUT2D eigenvalue weighted by Crippen LogP contribution is -2.49. The van der Waals surface area contributed by atoms with Gasteiger partial charge in [0.05, 0.1) is 6.04 Å². The van der Waals surface area contributed by atoms with Crippen LogP contribution in [0.25, 0.3) is 0 Å². The molecule has 1 aliphatic carbocycles. The van der Waals surface area contributed by atoms with E-state index in [0.717, 1.165) is 24.8 Å². The molecule has 0 spiro atoms. The second-order valence-corrected chi connectivity index (χ2v) is 5.61. The third-order valence-corrected chi connectivity index (χ3v) is 4.19. The molecule has 2 unspecified atom stereocenters. The second-order valence-electron chi connectivity index (χ2n) is 5.20. The fourth-order valence-electron chi connectivity index (χ4n) is 2.82. The van der Waals surface area contributed by atoms with Crippen molar-refractivity contribution >= 4 is 17.5 Å². The highest BCUT2D eigenvalue weighted by molar-refractivity contribution is 6.31. The Kier molecular flexibility index (Phi) is 3.04. The zero-order valence-electron chi connectivity index (χ0n) is 10.2. The molecule has 0 radical (unpaired) electrons. The van der Waals surface area contributed by atoms with E-state index in [0.29, 0.717) is 17.5 Å². The van der Waals surface area contributed by atoms with E-state index in [9.17, 15) is 4.79 Å². The van der Waals surface area contributed by atoms with E-state index in [4.69, 9.17) is 17.3 Å². The molecule has 18 heavy (non-hydrogen) atoms. The van der Waals surface area contributed by atoms with Crippen molar-refractivity contribution < 1.29 is 4.79 Å². The third-order valence-electron chi connectivity index (χ3n) is 3.85. The molecule has 0 aromatic heterocycles. The Balaban J connectivity index is 2.00. The number of rotatable bonds is 2. The number of benzene rings is 1. The lowest BCUT2D eigenvalue weighted by atomic mass is 9.90. The summed E-state index contributed by atoms with van der Waals surface area (Å²) < 4.78 is 0. The lowest BCUT2D eigenvalue weighted by Gasteiger charge is -2.40. The maximum atomic E-state index is 12.1. The van der Waals surface area contributed by atoms with Crippen LogP contribution >= 0.6 is 11.6 Å². The summed E-state index contributed by atoms with van der Waals surface area (Å²) in [6.45, 7) is 0. The minimum absolute atomic E-state index is 0.0109. The van der Waals surface area contributed by atoms with Crippen molar-refractivity contribution in [3.8, 4) is 0 Å². The van der Waals surface area contributed by atoms with Crippen molar-refractivity contribution in [3.63, 3.8) is 0 Å². The molecule has 0 bridgehead atoms. The van der Waals surface area contributed by atoms with E-state index in [1.54, 1.807) is 0 Å². The SMILES string of the molecule is NC1CCC(=O)N(C2CC2)C1c1ccccc1Cl. The average Bonchev–Trinajstić information content (AvgIpc) is 3.17. The number of likely N-dealkylation sites (tertiary alicyclic amines) is 1. The molecular formula is C14H17ClN2O. The van der Waals surface area contributed by atoms with E-state index in [2.05, 4.69) is 0 Å². The Morgan fingerprint density at radius 1 is 1.22 bits per heavy atom. The van der Waals surface area contributed by atoms with Crippen LogP contribution in [0.1, 0.15) is 37.3 Å². The smallest absolute Gasteiger partial charge is 0.223 e. The standard InChI is InChI=1S/C14H17ClN2O/c15-11-4-2-1-3-10(11)14-12(16)7-8-13(18)17(14)9-5-6-9/h1-4,9,12,14H,5-8,16H2. The first-order chi connectivity index (χ1) is 8.68. The molecule has 4 heteroatoms. The summed E-state index contributed by atoms with van der Waals surface area (Å²) in [6, 6.07) is 8.04. The number of carbonyl (C=O) groups is 1. The van der Waals surface area contributed by atoms with Gasteiger partial charge in [-0.05, 0) is 30.9 Å². The highest BCUT2D eigenvalue weighted by Gasteiger charge is 2.43. The molecule has 3 rings (SSSR count). The van der Waals surface area contributed by atoms with Gasteiger partial charge in [-0.25, -0.2) is 0 Å². The Morgan fingerprint density at radius 2 is 1.94 bits per heavy atom. The van der Waals surface area contributed by atoms with Gasteiger partial charge >= 0.3 is 0 Å². The van der Waals surface area contributed by atoms with Gasteiger partial charge in [0.25, 0.3) is 0 Å². The lowest BCUT2D eigenvalue weighted by molar-refractivity contribution is -0.138. The Bertz CT molecular complexity index is 473. The fraction of sp³-hybridized carbons (Fsp3) is 0.500. The van der Waals surface area contributed by atoms with Crippen molar-refractivity contribution in [3.05, 3.63) is 34.9 Å². The van der Waals surface area contributed by atoms with Crippen LogP contribution < -0.4 is 5.73 Å². The Hall–Kier alpha value is -1.06. The first-order valence-electron chi connectivity index (χ1n) is 6.49. The molecular weight excluding hydrogens is 248 g/mol. The molecule has 96 valence electrons. The average molecular weight is 265 g/mol. The van der Waals surface area contributed by atoms with Gasteiger partial charge in [-0.15, -0.1) is 0 Å². The van der Waals surface area contributed by atoms with Crippen molar-refractivity contribution in [2.24, 2.45) is 5.73 Å². The summed E-state index contributed by atoms with van der Waals surface area (Å²) in [4.78, 5) is 14.1. The molecule has 1 aromatic carbocycles. The number of hydrogen-bond donors (Lipinski definition) is 1. The van der Waals surface area contributed by atoms with Crippen LogP contribution in [-0.2, 0) is 4.79 Å². The maximum Gasteiger partial charge on any atom is 0.223 e. The third kappa shape index (κ3) is 2.02. The molecule has 1 saturated carbocycles. The first kappa shape index (κ1) is 12.0. The van der Waals surface area contributed by atoms with E-state index in [1.165, 1.54) is 0 Å². The molecule has 1 amide bonds. The van der Waals surface area contributed by atoms with Crippen molar-refractivity contribution in [1.29, 1.82) is 0 Å². The van der Waals surface area contributed by atoms with Gasteiger partial charge in [0, 0.05) is 23.5 Å². The van der Waals surface area contributed by atoms with Gasteiger partial charge in [-0.1, -0.05) is 29.8 Å². The van der Waals surface area contributed by atoms with Gasteiger partial charge in [0.2, 0.25) is 5.91 Å². The van der Waals surface area contributed by atoms with Gasteiger partial charge in [-0.2, -0.15) is 0 Å². The van der Waals surface area contributed by atoms with Crippen molar-refractivity contribution in [2.75, 3.05) is 0 Å². The molecule has 2 fully saturated rings. The summed E-state index contributed by atoms with van der Waals surface area (Å²) >= 11 is 6.27. The number of halogens is 1. The monoisotopic (exact) mass is 264 g/mol. The largest absolute Gasteiger partial charge is 0.331 e. The summed E-state index contributed by atoms with van der Waals surface area (Å²) in [5.74, 6) is 0.226. The Morgan fingerprint density at radius 3 is 2.61 bits per heavy atom. The van der Waals surface area contributed by atoms with Crippen LogP contribution in [0.15, 0.2) is 24.3 Å². The molecule has 2 aliphatic rings. The van der Waals surface area contributed by atoms with Crippen molar-refractivity contribution in [1.82, 2.24) is 4.90 Å². The van der Waals surface area contributed by atoms with Crippen LogP contribution in [0.2, 0.25) is 5.02 Å². The summed E-state index contributed by atoms with van der Waals surface area (Å²) in [5, 5.41) is 0.707. The maximum absolute atomic E-state index is 12.1. The number of nitrogens with two attached hydrogens (primary N) is 1. The van der Waals surface area contributed by atoms with Crippen molar-refractivity contribution in [2.45, 2.75) is 43.8 Å². The zero-order chi connectivity index (χ0) is 12.7. The van der Waals surface area contributed by atoms with E-state index >= 15 is 0 Å². The quantitative estimate of drug-likeness (QED) is 0.892. The number of hydrogen-bond acceptors (Lipinski definition) is 2. The molecule has 1 aromatic rings. The minimum atomic E-state index is -0.0487. The molecule has 2 N–H and O–H groups in total. The van der Waals surface area contributed by atoms with Gasteiger partial charge in [0.15, 0.2) is 0 Å². The van der Waals surface area contributed by atoms with Gasteiger partial charge < -0.3 is 10.6 Å². The van der Waals surface area contributed by atoms with Crippen LogP contribution in [0.3, 0.4) is 0 Å². The number of amides is 1. The topological polar surface area (TPSA) is 46.3 Å². The molecule has 2 atom stereocenters. The first-order valence-corrected chi connectivity index (χ1v) is 6.87. The normalized spacial score (nSPS) is 28.6. The molecule has 3 nitrogen and oxygen atoms in total. The minimum Gasteiger partial charge on any atom is -0.331 e. The summed E-state index contributed by atoms with van der Waals surface area (Å²) in [7, 11) is 0. The number of carbonyl (C=O) groups excluding carboxylic acids is 1. The number of piperidine rings is 1. The molecule has 1 heterocycles. The predicted molar refractivity (Wildman–Crippen MR) is 71.3 cm³/mol. The van der Waals surface area contributed by atoms with Crippen LogP contribution in [0.4, 0.5) is 0 Å². The highest BCUT2D eigenvalue weighted by atomic mass is 35.5. The molecule has 1 saturated heterocycles. The van der Waals surface area contributed by atoms with E-state index in [-0.39, 0.29) is 18.0 Å². The highest BCUT2D eigenvalue weighted by Crippen LogP contribution is 2.41. The molecule has 1 aliphatic heterocycles. The van der Waals surface area contributed by atoms with Crippen LogP contribution in [0, 0.1) is 0 Å². The number of nitrogens with zero attached hydrogens (tertiary/aromatic N) is 1. The van der Waals surface area contributed by atoms with Gasteiger partial charge in [-0.3, -0.25) is 4.79 Å². The van der Waals surface area contributed by atoms with Crippen LogP contribution in [-0.4, -0.2) is 22.9 Å². The van der Waals surface area contributed by atoms with E-state index < -0.39 is 0 Å². The fourth-order valence-corrected chi connectivity index (χ4v) is 3.06. The summed E-state index contributed by atoms with van der Waals surface area (Å²) in [6.07, 6.45) is 3.51. The van der Waals surface area contributed by atoms with Crippen LogP contribution in [0.5, 0.6) is 0 Å². The van der Waals surface area contributed by atoms with E-state index in [1.807, 2.05) is 29.2 Å². The Labute approximate surface area is 112 Å².